The quantitative estimate of drug-likeness (QED) is 0.548. The molecule has 0 bridgehead atoms. The van der Waals surface area contributed by atoms with E-state index in [1.807, 2.05) is 36.4 Å². The van der Waals surface area contributed by atoms with Gasteiger partial charge in [0.05, 0.1) is 32.7 Å². The van der Waals surface area contributed by atoms with E-state index < -0.39 is 0 Å². The number of amides is 2. The molecule has 0 saturated carbocycles. The van der Waals surface area contributed by atoms with Gasteiger partial charge in [0.15, 0.2) is 0 Å². The van der Waals surface area contributed by atoms with Crippen molar-refractivity contribution < 1.29 is 9.59 Å². The van der Waals surface area contributed by atoms with E-state index in [9.17, 15) is 9.59 Å². The Hall–Kier alpha value is -2.89. The minimum absolute atomic E-state index is 0.0495. The Bertz CT molecular complexity index is 1320. The lowest BCUT2D eigenvalue weighted by Gasteiger charge is -2.32. The lowest BCUT2D eigenvalue weighted by molar-refractivity contribution is -0.123. The van der Waals surface area contributed by atoms with Gasteiger partial charge in [-0.05, 0) is 66.7 Å². The highest BCUT2D eigenvalue weighted by molar-refractivity contribution is 6.42. The first-order chi connectivity index (χ1) is 15.9. The number of pyridine rings is 1. The van der Waals surface area contributed by atoms with Crippen molar-refractivity contribution in [3.8, 4) is 0 Å². The van der Waals surface area contributed by atoms with Crippen LogP contribution in [0.3, 0.4) is 0 Å². The molecule has 33 heavy (non-hydrogen) atoms. The van der Waals surface area contributed by atoms with Crippen molar-refractivity contribution in [2.75, 3.05) is 13.1 Å². The predicted octanol–water partition coefficient (Wildman–Crippen LogP) is 5.37. The molecule has 5 rings (SSSR count). The molecule has 1 atom stereocenters. The van der Waals surface area contributed by atoms with E-state index in [1.54, 1.807) is 11.0 Å². The normalized spacial score (nSPS) is 19.2. The SMILES string of the molecule is NC(=O)C1CCCN(C(=O)c2c3c(nc4ccccc24)/C(=C\c2ccc(Cl)c(Cl)c2)CC3)C1. The Labute approximate surface area is 202 Å². The van der Waals surface area contributed by atoms with Gasteiger partial charge in [0.25, 0.3) is 5.91 Å². The molecule has 1 aliphatic heterocycles. The molecule has 0 radical (unpaired) electrons. The van der Waals surface area contributed by atoms with Crippen molar-refractivity contribution in [2.24, 2.45) is 11.7 Å². The van der Waals surface area contributed by atoms with Crippen molar-refractivity contribution in [2.45, 2.75) is 25.7 Å². The van der Waals surface area contributed by atoms with Gasteiger partial charge in [-0.1, -0.05) is 47.5 Å². The molecule has 168 valence electrons. The number of nitrogens with zero attached hydrogens (tertiary/aromatic N) is 2. The summed E-state index contributed by atoms with van der Waals surface area (Å²) in [4.78, 5) is 32.3. The van der Waals surface area contributed by atoms with Crippen LogP contribution in [-0.2, 0) is 11.2 Å². The first kappa shape index (κ1) is 21.9. The second kappa shape index (κ2) is 8.81. The Balaban J connectivity index is 1.60. The largest absolute Gasteiger partial charge is 0.369 e. The number of piperidine rings is 1. The molecular weight excluding hydrogens is 457 g/mol. The van der Waals surface area contributed by atoms with Gasteiger partial charge in [0, 0.05) is 18.5 Å². The van der Waals surface area contributed by atoms with Crippen LogP contribution in [0.15, 0.2) is 42.5 Å². The zero-order valence-electron chi connectivity index (χ0n) is 18.0. The summed E-state index contributed by atoms with van der Waals surface area (Å²) in [7, 11) is 0. The number of carbonyl (C=O) groups is 2. The fraction of sp³-hybridized carbons (Fsp3) is 0.269. The average Bonchev–Trinajstić information content (AvgIpc) is 3.21. The Morgan fingerprint density at radius 2 is 1.91 bits per heavy atom. The van der Waals surface area contributed by atoms with Crippen molar-refractivity contribution >= 4 is 57.6 Å². The summed E-state index contributed by atoms with van der Waals surface area (Å²) in [6, 6.07) is 13.3. The predicted molar refractivity (Wildman–Crippen MR) is 132 cm³/mol. The fourth-order valence-corrected chi connectivity index (χ4v) is 5.19. The second-order valence-electron chi connectivity index (χ2n) is 8.67. The monoisotopic (exact) mass is 479 g/mol. The number of aromatic nitrogens is 1. The fourth-order valence-electron chi connectivity index (χ4n) is 4.88. The summed E-state index contributed by atoms with van der Waals surface area (Å²) < 4.78 is 0. The number of hydrogen-bond donors (Lipinski definition) is 1. The highest BCUT2D eigenvalue weighted by atomic mass is 35.5. The lowest BCUT2D eigenvalue weighted by Crippen LogP contribution is -2.44. The molecule has 1 unspecified atom stereocenters. The van der Waals surface area contributed by atoms with E-state index in [4.69, 9.17) is 33.9 Å². The van der Waals surface area contributed by atoms with Gasteiger partial charge in [-0.15, -0.1) is 0 Å². The first-order valence-electron chi connectivity index (χ1n) is 11.1. The molecule has 5 nitrogen and oxygen atoms in total. The standard InChI is InChI=1S/C26H23Cl2N3O2/c27-20-10-7-15(13-21(20)28)12-16-8-9-19-23(18-5-1-2-6-22(18)30-24(16)19)26(33)31-11-3-4-17(14-31)25(29)32/h1-2,5-7,10,12-13,17H,3-4,8-9,11,14H2,(H2,29,32)/b16-12-. The number of allylic oxidation sites excluding steroid dienone is 1. The van der Waals surface area contributed by atoms with E-state index >= 15 is 0 Å². The molecule has 1 aliphatic carbocycles. The van der Waals surface area contributed by atoms with E-state index in [0.717, 1.165) is 59.0 Å². The molecule has 2 heterocycles. The Morgan fingerprint density at radius 3 is 2.70 bits per heavy atom. The Kier molecular flexibility index (Phi) is 5.85. The van der Waals surface area contributed by atoms with Crippen molar-refractivity contribution in [3.05, 3.63) is 74.9 Å². The van der Waals surface area contributed by atoms with E-state index in [2.05, 4.69) is 6.08 Å². The zero-order valence-corrected chi connectivity index (χ0v) is 19.5. The molecule has 2 aromatic carbocycles. The molecule has 1 saturated heterocycles. The van der Waals surface area contributed by atoms with Crippen LogP contribution in [0.5, 0.6) is 0 Å². The average molecular weight is 480 g/mol. The second-order valence-corrected chi connectivity index (χ2v) is 9.48. The number of benzene rings is 2. The van der Waals surface area contributed by atoms with E-state index in [0.29, 0.717) is 28.7 Å². The topological polar surface area (TPSA) is 76.3 Å². The lowest BCUT2D eigenvalue weighted by atomic mass is 9.94. The van der Waals surface area contributed by atoms with Crippen LogP contribution in [0.2, 0.25) is 10.0 Å². The molecule has 3 aromatic rings. The number of halogens is 2. The number of nitrogens with two attached hydrogens (primary N) is 1. The van der Waals surface area contributed by atoms with Crippen LogP contribution in [0.4, 0.5) is 0 Å². The zero-order chi connectivity index (χ0) is 23.1. The number of primary amides is 1. The van der Waals surface area contributed by atoms with Crippen LogP contribution in [-0.4, -0.2) is 34.8 Å². The van der Waals surface area contributed by atoms with Gasteiger partial charge in [-0.3, -0.25) is 9.59 Å². The third kappa shape index (κ3) is 4.11. The highest BCUT2D eigenvalue weighted by Gasteiger charge is 2.32. The summed E-state index contributed by atoms with van der Waals surface area (Å²) in [5, 5.41) is 1.86. The van der Waals surface area contributed by atoms with E-state index in [-0.39, 0.29) is 17.7 Å². The number of hydrogen-bond acceptors (Lipinski definition) is 3. The summed E-state index contributed by atoms with van der Waals surface area (Å²) >= 11 is 12.3. The molecular formula is C26H23Cl2N3O2. The first-order valence-corrected chi connectivity index (χ1v) is 11.8. The molecule has 7 heteroatoms. The van der Waals surface area contributed by atoms with Gasteiger partial charge in [-0.2, -0.15) is 0 Å². The molecule has 1 aromatic heterocycles. The third-order valence-electron chi connectivity index (χ3n) is 6.55. The summed E-state index contributed by atoms with van der Waals surface area (Å²) in [5.41, 5.74) is 10.8. The molecule has 2 amide bonds. The number of carbonyl (C=O) groups excluding carboxylic acids is 2. The summed E-state index contributed by atoms with van der Waals surface area (Å²) in [5.74, 6) is -0.690. The minimum atomic E-state index is -0.343. The highest BCUT2D eigenvalue weighted by Crippen LogP contribution is 2.39. The van der Waals surface area contributed by atoms with Gasteiger partial charge in [0.2, 0.25) is 5.91 Å². The maximum Gasteiger partial charge on any atom is 0.254 e. The number of para-hydroxylation sites is 1. The third-order valence-corrected chi connectivity index (χ3v) is 7.29. The summed E-state index contributed by atoms with van der Waals surface area (Å²) in [6.45, 7) is 0.992. The van der Waals surface area contributed by atoms with E-state index in [1.165, 1.54) is 0 Å². The van der Waals surface area contributed by atoms with Crippen LogP contribution < -0.4 is 5.73 Å². The van der Waals surface area contributed by atoms with Crippen LogP contribution in [0.25, 0.3) is 22.6 Å². The van der Waals surface area contributed by atoms with Crippen molar-refractivity contribution in [1.29, 1.82) is 0 Å². The molecule has 2 N–H and O–H groups in total. The van der Waals surface area contributed by atoms with Gasteiger partial charge >= 0.3 is 0 Å². The number of rotatable bonds is 3. The van der Waals surface area contributed by atoms with Gasteiger partial charge in [0.1, 0.15) is 0 Å². The minimum Gasteiger partial charge on any atom is -0.369 e. The van der Waals surface area contributed by atoms with Crippen LogP contribution in [0, 0.1) is 5.92 Å². The number of fused-ring (bicyclic) bond motifs is 2. The smallest absolute Gasteiger partial charge is 0.254 e. The molecule has 0 spiro atoms. The maximum absolute atomic E-state index is 13.8. The maximum atomic E-state index is 13.8. The van der Waals surface area contributed by atoms with Gasteiger partial charge in [-0.25, -0.2) is 4.98 Å². The van der Waals surface area contributed by atoms with Crippen LogP contribution >= 0.6 is 23.2 Å². The molecule has 1 fully saturated rings. The van der Waals surface area contributed by atoms with Crippen molar-refractivity contribution in [3.63, 3.8) is 0 Å². The molecule has 2 aliphatic rings. The van der Waals surface area contributed by atoms with Gasteiger partial charge < -0.3 is 10.6 Å². The number of likely N-dealkylation sites (tertiary alicyclic amines) is 1. The Morgan fingerprint density at radius 1 is 1.09 bits per heavy atom. The van der Waals surface area contributed by atoms with Crippen LogP contribution in [0.1, 0.15) is 46.4 Å². The van der Waals surface area contributed by atoms with Crippen molar-refractivity contribution in [1.82, 2.24) is 9.88 Å². The summed E-state index contributed by atoms with van der Waals surface area (Å²) in [6.07, 6.45) is 5.07.